The Morgan fingerprint density at radius 3 is 2.56 bits per heavy atom. The molecule has 1 unspecified atom stereocenters. The topological polar surface area (TPSA) is 70.2 Å². The lowest BCUT2D eigenvalue weighted by atomic mass is 9.96. The summed E-state index contributed by atoms with van der Waals surface area (Å²) in [5, 5.41) is 13.0. The molecular formula is C26H31N3O2S. The summed E-state index contributed by atoms with van der Waals surface area (Å²) < 4.78 is 1.35. The van der Waals surface area contributed by atoms with Crippen LogP contribution >= 0.6 is 11.3 Å². The van der Waals surface area contributed by atoms with Crippen LogP contribution in [-0.4, -0.2) is 30.9 Å². The van der Waals surface area contributed by atoms with Crippen LogP contribution in [0.1, 0.15) is 66.6 Å². The number of benzene rings is 2. The van der Waals surface area contributed by atoms with E-state index in [2.05, 4.69) is 64.7 Å². The van der Waals surface area contributed by atoms with Gasteiger partial charge in [0, 0.05) is 42.4 Å². The van der Waals surface area contributed by atoms with Gasteiger partial charge in [0.1, 0.15) is 0 Å². The van der Waals surface area contributed by atoms with E-state index in [0.29, 0.717) is 36.7 Å². The lowest BCUT2D eigenvalue weighted by Crippen LogP contribution is -2.33. The Morgan fingerprint density at radius 2 is 1.78 bits per heavy atom. The summed E-state index contributed by atoms with van der Waals surface area (Å²) in [7, 11) is 0. The van der Waals surface area contributed by atoms with Crippen molar-refractivity contribution in [1.29, 1.82) is 0 Å². The van der Waals surface area contributed by atoms with Gasteiger partial charge in [0.05, 0.1) is 0 Å². The molecule has 1 fully saturated rings. The van der Waals surface area contributed by atoms with E-state index in [9.17, 15) is 9.59 Å². The summed E-state index contributed by atoms with van der Waals surface area (Å²) in [6.07, 6.45) is 3.45. The number of thiophene rings is 1. The molecule has 1 aromatic heterocycles. The molecule has 1 saturated carbocycles. The summed E-state index contributed by atoms with van der Waals surface area (Å²) >= 11 is 1.82. The van der Waals surface area contributed by atoms with Crippen LogP contribution in [-0.2, 0) is 4.79 Å². The Morgan fingerprint density at radius 1 is 1.03 bits per heavy atom. The Bertz CT molecular complexity index is 1080. The predicted octanol–water partition coefficient (Wildman–Crippen LogP) is 4.75. The zero-order valence-corrected chi connectivity index (χ0v) is 19.5. The Balaban J connectivity index is 1.29. The van der Waals surface area contributed by atoms with Crippen LogP contribution in [0, 0.1) is 0 Å². The highest BCUT2D eigenvalue weighted by Gasteiger charge is 2.27. The molecule has 5 nitrogen and oxygen atoms in total. The van der Waals surface area contributed by atoms with Crippen LogP contribution in [0.25, 0.3) is 10.1 Å². The van der Waals surface area contributed by atoms with Crippen molar-refractivity contribution in [3.05, 3.63) is 70.6 Å². The number of rotatable bonds is 8. The predicted molar refractivity (Wildman–Crippen MR) is 131 cm³/mol. The van der Waals surface area contributed by atoms with Gasteiger partial charge in [0.2, 0.25) is 5.91 Å². The lowest BCUT2D eigenvalue weighted by molar-refractivity contribution is -0.118. The fourth-order valence-electron chi connectivity index (χ4n) is 4.64. The first-order valence-electron chi connectivity index (χ1n) is 11.4. The number of amides is 2. The van der Waals surface area contributed by atoms with Crippen molar-refractivity contribution >= 4 is 33.2 Å². The first-order chi connectivity index (χ1) is 15.5. The second kappa shape index (κ2) is 10.3. The average molecular weight is 450 g/mol. The van der Waals surface area contributed by atoms with Gasteiger partial charge in [-0.25, -0.2) is 0 Å². The molecule has 0 bridgehead atoms. The van der Waals surface area contributed by atoms with E-state index in [1.165, 1.54) is 34.6 Å². The van der Waals surface area contributed by atoms with Crippen molar-refractivity contribution in [3.63, 3.8) is 0 Å². The fourth-order valence-corrected chi connectivity index (χ4v) is 5.69. The van der Waals surface area contributed by atoms with Crippen molar-refractivity contribution in [2.24, 2.45) is 0 Å². The second-order valence-corrected chi connectivity index (χ2v) is 9.55. The number of hydrogen-bond acceptors (Lipinski definition) is 4. The van der Waals surface area contributed by atoms with Gasteiger partial charge in [-0.1, -0.05) is 30.3 Å². The van der Waals surface area contributed by atoms with Crippen LogP contribution in [0.2, 0.25) is 0 Å². The van der Waals surface area contributed by atoms with E-state index < -0.39 is 0 Å². The third-order valence-electron chi connectivity index (χ3n) is 6.32. The van der Waals surface area contributed by atoms with Gasteiger partial charge in [-0.2, -0.15) is 0 Å². The monoisotopic (exact) mass is 449 g/mol. The maximum absolute atomic E-state index is 12.3. The van der Waals surface area contributed by atoms with Gasteiger partial charge >= 0.3 is 0 Å². The maximum atomic E-state index is 12.3. The molecule has 1 aliphatic carbocycles. The highest BCUT2D eigenvalue weighted by Crippen LogP contribution is 2.37. The first-order valence-corrected chi connectivity index (χ1v) is 12.2. The smallest absolute Gasteiger partial charge is 0.251 e. The van der Waals surface area contributed by atoms with Gasteiger partial charge in [-0.05, 0) is 72.2 Å². The molecule has 2 aromatic carbocycles. The lowest BCUT2D eigenvalue weighted by Gasteiger charge is -2.20. The quantitative estimate of drug-likeness (QED) is 0.435. The van der Waals surface area contributed by atoms with Gasteiger partial charge in [-0.3, -0.25) is 9.59 Å². The van der Waals surface area contributed by atoms with Gasteiger partial charge in [0.25, 0.3) is 5.91 Å². The first kappa shape index (κ1) is 22.5. The van der Waals surface area contributed by atoms with Crippen LogP contribution in [0.4, 0.5) is 0 Å². The van der Waals surface area contributed by atoms with Crippen molar-refractivity contribution in [1.82, 2.24) is 16.0 Å². The van der Waals surface area contributed by atoms with Crippen LogP contribution in [0.3, 0.4) is 0 Å². The average Bonchev–Trinajstić information content (AvgIpc) is 3.44. The molecule has 3 N–H and O–H groups in total. The molecule has 3 aromatic rings. The van der Waals surface area contributed by atoms with E-state index in [-0.39, 0.29) is 11.8 Å². The minimum Gasteiger partial charge on any atom is -0.355 e. The summed E-state index contributed by atoms with van der Waals surface area (Å²) in [4.78, 5) is 23.2. The molecule has 0 aliphatic heterocycles. The normalized spacial score (nSPS) is 19.1. The van der Waals surface area contributed by atoms with E-state index >= 15 is 0 Å². The van der Waals surface area contributed by atoms with Crippen LogP contribution in [0.5, 0.6) is 0 Å². The summed E-state index contributed by atoms with van der Waals surface area (Å²) in [5.74, 6) is 0.325. The molecule has 1 aliphatic rings. The van der Waals surface area contributed by atoms with Crippen molar-refractivity contribution in [2.45, 2.75) is 51.1 Å². The van der Waals surface area contributed by atoms with Crippen molar-refractivity contribution < 1.29 is 9.59 Å². The zero-order chi connectivity index (χ0) is 22.5. The van der Waals surface area contributed by atoms with E-state index in [4.69, 9.17) is 0 Å². The summed E-state index contributed by atoms with van der Waals surface area (Å²) in [6, 6.07) is 17.4. The molecule has 6 heteroatoms. The Hall–Kier alpha value is -2.70. The highest BCUT2D eigenvalue weighted by molar-refractivity contribution is 7.17. The molecule has 0 saturated heterocycles. The largest absolute Gasteiger partial charge is 0.355 e. The fraction of sp³-hybridized carbons (Fsp3) is 0.385. The number of nitrogens with one attached hydrogen (secondary N) is 3. The van der Waals surface area contributed by atoms with E-state index in [1.807, 2.05) is 23.5 Å². The summed E-state index contributed by atoms with van der Waals surface area (Å²) in [5.41, 5.74) is 3.35. The second-order valence-electron chi connectivity index (χ2n) is 8.64. The van der Waals surface area contributed by atoms with Gasteiger partial charge < -0.3 is 16.0 Å². The van der Waals surface area contributed by atoms with Crippen LogP contribution in [0.15, 0.2) is 53.9 Å². The standard InChI is InChI=1S/C26H31N3O2S/c1-17(24-16-32-25-6-4-3-5-23(24)25)29-22-12-11-21(15-22)19-7-9-20(10-8-19)26(31)28-14-13-27-18(2)30/h3-10,16-17,21-22,29H,11-15H2,1-2H3,(H,27,30)(H,28,31)/t17-,21?,22+/m1/s1. The van der Waals surface area contributed by atoms with Crippen molar-refractivity contribution in [3.8, 4) is 0 Å². The molecule has 4 rings (SSSR count). The minimum absolute atomic E-state index is 0.0916. The summed E-state index contributed by atoms with van der Waals surface area (Å²) in [6.45, 7) is 4.60. The van der Waals surface area contributed by atoms with E-state index in [0.717, 1.165) is 12.8 Å². The van der Waals surface area contributed by atoms with Gasteiger partial charge in [0.15, 0.2) is 0 Å². The van der Waals surface area contributed by atoms with Gasteiger partial charge in [-0.15, -0.1) is 11.3 Å². The number of hydrogen-bond donors (Lipinski definition) is 3. The third-order valence-corrected chi connectivity index (χ3v) is 7.31. The SMILES string of the molecule is CC(=O)NCCNC(=O)c1ccc(C2CC[C@H](N[C@H](C)c3csc4ccccc34)C2)cc1. The maximum Gasteiger partial charge on any atom is 0.251 e. The number of carbonyl (C=O) groups excluding carboxylic acids is 2. The molecule has 0 spiro atoms. The minimum atomic E-state index is -0.107. The number of fused-ring (bicyclic) bond motifs is 1. The molecule has 1 heterocycles. The third kappa shape index (κ3) is 5.37. The zero-order valence-electron chi connectivity index (χ0n) is 18.7. The number of carbonyl (C=O) groups is 2. The molecule has 168 valence electrons. The van der Waals surface area contributed by atoms with Crippen LogP contribution < -0.4 is 16.0 Å². The molecular weight excluding hydrogens is 418 g/mol. The van der Waals surface area contributed by atoms with Crippen molar-refractivity contribution in [2.75, 3.05) is 13.1 Å². The Kier molecular flexibility index (Phi) is 7.22. The molecule has 3 atom stereocenters. The highest BCUT2D eigenvalue weighted by atomic mass is 32.1. The Labute approximate surface area is 193 Å². The van der Waals surface area contributed by atoms with E-state index in [1.54, 1.807) is 0 Å². The molecule has 2 amide bonds. The molecule has 32 heavy (non-hydrogen) atoms. The molecule has 0 radical (unpaired) electrons.